The van der Waals surface area contributed by atoms with Gasteiger partial charge >= 0.3 is 6.03 Å². The first-order valence-electron chi connectivity index (χ1n) is 17.9. The maximum absolute atomic E-state index is 13.1. The van der Waals surface area contributed by atoms with Crippen molar-refractivity contribution in [1.82, 2.24) is 49.5 Å². The van der Waals surface area contributed by atoms with E-state index in [-0.39, 0.29) is 18.0 Å². The van der Waals surface area contributed by atoms with E-state index in [0.29, 0.717) is 17.8 Å². The number of rotatable bonds is 3. The summed E-state index contributed by atoms with van der Waals surface area (Å²) in [4.78, 5) is 45.4. The van der Waals surface area contributed by atoms with Crippen LogP contribution in [-0.4, -0.2) is 93.8 Å². The van der Waals surface area contributed by atoms with E-state index >= 15 is 0 Å². The third-order valence-electron chi connectivity index (χ3n) is 9.73. The lowest BCUT2D eigenvalue weighted by molar-refractivity contribution is 0.254. The molecule has 2 atom stereocenters. The van der Waals surface area contributed by atoms with E-state index < -0.39 is 0 Å². The predicted octanol–water partition coefficient (Wildman–Crippen LogP) is 4.06. The molecule has 0 radical (unpaired) electrons. The molecule has 6 aromatic rings. The van der Waals surface area contributed by atoms with Gasteiger partial charge in [0.25, 0.3) is 0 Å². The number of nitrogens with two attached hydrogens (primary N) is 1. The molecular weight excluding hydrogens is 685 g/mol. The zero-order chi connectivity index (χ0) is 37.3. The molecule has 6 aromatic heterocycles. The largest absolute Gasteiger partial charge is 0.367 e. The second kappa shape index (κ2) is 14.4. The number of carbonyl (C=O) groups is 1. The molecule has 2 fully saturated rings. The number of anilines is 6. The van der Waals surface area contributed by atoms with Gasteiger partial charge in [0.1, 0.15) is 12.7 Å². The van der Waals surface area contributed by atoms with Crippen molar-refractivity contribution < 1.29 is 4.79 Å². The van der Waals surface area contributed by atoms with Crippen LogP contribution in [0.4, 0.5) is 39.7 Å². The number of aromatic nitrogens is 10. The Morgan fingerprint density at radius 2 is 1.43 bits per heavy atom. The number of urea groups is 1. The molecule has 276 valence electrons. The van der Waals surface area contributed by atoms with Crippen LogP contribution < -0.4 is 31.1 Å². The normalized spacial score (nSPS) is 17.4. The van der Waals surface area contributed by atoms with E-state index in [1.54, 1.807) is 47.2 Å². The number of pyridine rings is 4. The van der Waals surface area contributed by atoms with Gasteiger partial charge in [-0.05, 0) is 75.2 Å². The monoisotopic (exact) mass is 726 g/mol. The van der Waals surface area contributed by atoms with Gasteiger partial charge in [-0.3, -0.25) is 29.5 Å². The quantitative estimate of drug-likeness (QED) is 0.237. The maximum atomic E-state index is 13.1. The van der Waals surface area contributed by atoms with Gasteiger partial charge in [0, 0.05) is 81.2 Å². The number of fused-ring (bicyclic) bond motifs is 8. The first-order chi connectivity index (χ1) is 26.2. The Morgan fingerprint density at radius 1 is 0.778 bits per heavy atom. The summed E-state index contributed by atoms with van der Waals surface area (Å²) < 4.78 is 3.11. The van der Waals surface area contributed by atoms with Crippen LogP contribution >= 0.6 is 0 Å². The minimum absolute atomic E-state index is 0.0816. The van der Waals surface area contributed by atoms with Crippen molar-refractivity contribution in [2.75, 3.05) is 57.2 Å². The maximum Gasteiger partial charge on any atom is 0.330 e. The fraction of sp³-hybridized carbons (Fsp3) is 0.324. The molecule has 2 saturated heterocycles. The van der Waals surface area contributed by atoms with Gasteiger partial charge < -0.3 is 20.9 Å². The van der Waals surface area contributed by atoms with Crippen LogP contribution in [0.3, 0.4) is 0 Å². The summed E-state index contributed by atoms with van der Waals surface area (Å²) in [5.41, 5.74) is 13.2. The molecule has 0 saturated carbocycles. The second-order valence-electron chi connectivity index (χ2n) is 13.8. The minimum atomic E-state index is -0.255. The van der Waals surface area contributed by atoms with E-state index in [1.807, 2.05) is 50.4 Å². The molecular formula is C37H42N16O. The Kier molecular flexibility index (Phi) is 9.19. The number of nitrogens with zero attached hydrogens (tertiary/aromatic N) is 13. The van der Waals surface area contributed by atoms with Crippen LogP contribution in [0.1, 0.15) is 24.2 Å². The van der Waals surface area contributed by atoms with Crippen molar-refractivity contribution in [1.29, 1.82) is 0 Å². The fourth-order valence-electron chi connectivity index (χ4n) is 7.21. The first-order valence-corrected chi connectivity index (χ1v) is 17.9. The summed E-state index contributed by atoms with van der Waals surface area (Å²) in [5, 5.41) is 14.2. The second-order valence-corrected chi connectivity index (χ2v) is 13.8. The lowest BCUT2D eigenvalue weighted by Gasteiger charge is -2.35. The average molecular weight is 727 g/mol. The van der Waals surface area contributed by atoms with Gasteiger partial charge in [0.15, 0.2) is 11.6 Å². The van der Waals surface area contributed by atoms with E-state index in [0.717, 1.165) is 78.0 Å². The number of hydrogen-bond donors (Lipinski definition) is 3. The minimum Gasteiger partial charge on any atom is -0.367 e. The number of aryl methyl sites for hydroxylation is 4. The molecule has 17 nitrogen and oxygen atoms in total. The van der Waals surface area contributed by atoms with Crippen molar-refractivity contribution in [2.45, 2.75) is 38.8 Å². The SMILES string of the molecule is Cc1cc(-c2ccc3c(n2)N(C(=O)Nc2ncn(C)n2)[C@H]2CCN3C2)ccn1.Cc1cc(-c2ccc3c(n2)N[C@H]2CCN3C2)ccn1.Cn1cnc(N)n1. The summed E-state index contributed by atoms with van der Waals surface area (Å²) in [6, 6.07) is 16.7. The van der Waals surface area contributed by atoms with Gasteiger partial charge in [-0.2, -0.15) is 0 Å². The molecule has 0 spiro atoms. The molecule has 2 amide bonds. The van der Waals surface area contributed by atoms with Gasteiger partial charge in [-0.25, -0.2) is 24.7 Å². The van der Waals surface area contributed by atoms with Crippen molar-refractivity contribution in [3.05, 3.63) is 85.0 Å². The van der Waals surface area contributed by atoms with Crippen LogP contribution in [0.15, 0.2) is 73.6 Å². The van der Waals surface area contributed by atoms with Crippen molar-refractivity contribution in [2.24, 2.45) is 14.1 Å². The fourth-order valence-corrected chi connectivity index (χ4v) is 7.21. The molecule has 4 bridgehead atoms. The molecule has 0 aliphatic carbocycles. The highest BCUT2D eigenvalue weighted by Crippen LogP contribution is 2.40. The molecule has 54 heavy (non-hydrogen) atoms. The Morgan fingerprint density at radius 3 is 2.06 bits per heavy atom. The number of amides is 2. The first kappa shape index (κ1) is 34.4. The standard InChI is InChI=1S/C19H20N8O.C15H16N4.C3H6N4/c1-12-9-13(5-7-20-12)15-3-4-16-17(22-15)27(14-6-8-26(16)10-14)19(28)23-18-21-11-25(2)24-18;1-10-8-11(4-6-16-10)13-2-3-14-15(18-13)17-12-5-7-19(14)9-12;1-7-2-5-3(4)6-7/h3-5,7,9,11,14H,6,8,10H2,1-2H3,(H,23,24,28);2-4,6,8,12H,5,7,9H2,1H3,(H,17,18);2H,1H3,(H2,4,6)/t14-;12-;/m00./s1. The molecule has 4 aliphatic rings. The van der Waals surface area contributed by atoms with Gasteiger partial charge in [-0.15, -0.1) is 10.2 Å². The van der Waals surface area contributed by atoms with E-state index in [4.69, 9.17) is 15.7 Å². The predicted molar refractivity (Wildman–Crippen MR) is 207 cm³/mol. The highest BCUT2D eigenvalue weighted by molar-refractivity contribution is 6.04. The molecule has 10 heterocycles. The van der Waals surface area contributed by atoms with E-state index in [1.165, 1.54) is 12.1 Å². The molecule has 17 heteroatoms. The zero-order valence-corrected chi connectivity index (χ0v) is 30.6. The van der Waals surface area contributed by atoms with Crippen LogP contribution in [0.25, 0.3) is 22.5 Å². The van der Waals surface area contributed by atoms with Gasteiger partial charge in [0.05, 0.1) is 28.8 Å². The van der Waals surface area contributed by atoms with Crippen LogP contribution in [-0.2, 0) is 14.1 Å². The van der Waals surface area contributed by atoms with Crippen LogP contribution in [0.2, 0.25) is 0 Å². The van der Waals surface area contributed by atoms with Gasteiger partial charge in [0.2, 0.25) is 11.9 Å². The smallest absolute Gasteiger partial charge is 0.330 e. The molecule has 4 N–H and O–H groups in total. The van der Waals surface area contributed by atoms with Crippen molar-refractivity contribution in [3.8, 4) is 22.5 Å². The van der Waals surface area contributed by atoms with Crippen LogP contribution in [0.5, 0.6) is 0 Å². The van der Waals surface area contributed by atoms with E-state index in [2.05, 4.69) is 68.8 Å². The highest BCUT2D eigenvalue weighted by Gasteiger charge is 2.40. The summed E-state index contributed by atoms with van der Waals surface area (Å²) in [6.45, 7) is 7.94. The zero-order valence-electron chi connectivity index (χ0n) is 30.6. The Hall–Kier alpha value is -6.65. The highest BCUT2D eigenvalue weighted by atomic mass is 16.2. The topological polar surface area (TPSA) is 190 Å². The van der Waals surface area contributed by atoms with Crippen molar-refractivity contribution in [3.63, 3.8) is 0 Å². The van der Waals surface area contributed by atoms with Crippen LogP contribution in [0, 0.1) is 13.8 Å². The summed E-state index contributed by atoms with van der Waals surface area (Å²) in [5.74, 6) is 2.31. The number of carbonyl (C=O) groups excluding carboxylic acids is 1. The summed E-state index contributed by atoms with van der Waals surface area (Å²) in [6.07, 6.45) is 8.83. The Labute approximate surface area is 312 Å². The number of nitrogens with one attached hydrogen (secondary N) is 2. The number of nitrogen functional groups attached to an aromatic ring is 1. The van der Waals surface area contributed by atoms with Crippen molar-refractivity contribution >= 4 is 40.9 Å². The lowest BCUT2D eigenvalue weighted by atomic mass is 10.1. The molecule has 4 aliphatic heterocycles. The average Bonchev–Trinajstić information content (AvgIpc) is 3.97. The molecule has 10 rings (SSSR count). The summed E-state index contributed by atoms with van der Waals surface area (Å²) in [7, 11) is 3.53. The molecule has 0 unspecified atom stereocenters. The lowest BCUT2D eigenvalue weighted by Crippen LogP contribution is -2.48. The summed E-state index contributed by atoms with van der Waals surface area (Å²) >= 11 is 0. The Bertz CT molecular complexity index is 2280. The third-order valence-corrected chi connectivity index (χ3v) is 9.73. The molecule has 0 aromatic carbocycles. The van der Waals surface area contributed by atoms with Gasteiger partial charge in [-0.1, -0.05) is 0 Å². The van der Waals surface area contributed by atoms with E-state index in [9.17, 15) is 4.79 Å². The number of hydrogen-bond acceptors (Lipinski definition) is 13. The Balaban J connectivity index is 0.000000136. The third kappa shape index (κ3) is 7.19.